The Balaban J connectivity index is 1.61. The number of hydrogen-bond acceptors (Lipinski definition) is 3. The molecule has 2 unspecified atom stereocenters. The Hall–Kier alpha value is -4.06. The van der Waals surface area contributed by atoms with Crippen LogP contribution in [0.3, 0.4) is 0 Å². The van der Waals surface area contributed by atoms with Crippen LogP contribution >= 0.6 is 0 Å². The smallest absolute Gasteiger partial charge is 0.261 e. The molecule has 2 N–H and O–H groups in total. The molecule has 0 radical (unpaired) electrons. The number of fused-ring (bicyclic) bond motifs is 2. The predicted octanol–water partition coefficient (Wildman–Crippen LogP) is 5.59. The van der Waals surface area contributed by atoms with Gasteiger partial charge in [0, 0.05) is 34.8 Å². The van der Waals surface area contributed by atoms with Crippen LogP contribution in [0.15, 0.2) is 78.9 Å². The van der Waals surface area contributed by atoms with E-state index >= 15 is 0 Å². The highest BCUT2D eigenvalue weighted by Gasteiger charge is 2.45. The highest BCUT2D eigenvalue weighted by molar-refractivity contribution is 6.03. The number of nitrogens with one attached hydrogen (secondary N) is 2. The zero-order valence-electron chi connectivity index (χ0n) is 21.2. The van der Waals surface area contributed by atoms with Crippen molar-refractivity contribution in [2.45, 2.75) is 39.3 Å². The van der Waals surface area contributed by atoms with Crippen molar-refractivity contribution in [3.8, 4) is 0 Å². The van der Waals surface area contributed by atoms with Gasteiger partial charge in [-0.05, 0) is 49.1 Å². The first kappa shape index (κ1) is 23.7. The van der Waals surface area contributed by atoms with Crippen LogP contribution in [0.1, 0.15) is 53.5 Å². The summed E-state index contributed by atoms with van der Waals surface area (Å²) in [6.45, 7) is 6.25. The van der Waals surface area contributed by atoms with Crippen LogP contribution in [-0.2, 0) is 11.8 Å². The molecule has 0 fully saturated rings. The third-order valence-electron chi connectivity index (χ3n) is 7.16. The van der Waals surface area contributed by atoms with Gasteiger partial charge in [-0.2, -0.15) is 0 Å². The number of aryl methyl sites for hydroxylation is 1. The van der Waals surface area contributed by atoms with Crippen molar-refractivity contribution in [2.24, 2.45) is 13.0 Å². The maximum absolute atomic E-state index is 14.0. The number of hydrogen-bond donors (Lipinski definition) is 2. The highest BCUT2D eigenvalue weighted by Crippen LogP contribution is 2.45. The summed E-state index contributed by atoms with van der Waals surface area (Å²) in [5.74, 6) is -0.122. The molecule has 0 bridgehead atoms. The van der Waals surface area contributed by atoms with Crippen molar-refractivity contribution in [1.29, 1.82) is 0 Å². The molecule has 3 aromatic carbocycles. The molecular formula is C30H32N4O2. The summed E-state index contributed by atoms with van der Waals surface area (Å²) in [6.07, 6.45) is 0.544. The van der Waals surface area contributed by atoms with E-state index in [9.17, 15) is 9.59 Å². The molecule has 1 aliphatic rings. The van der Waals surface area contributed by atoms with E-state index in [-0.39, 0.29) is 23.8 Å². The van der Waals surface area contributed by atoms with E-state index < -0.39 is 6.04 Å². The van der Waals surface area contributed by atoms with Crippen LogP contribution in [0.5, 0.6) is 0 Å². The average Bonchev–Trinajstić information content (AvgIpc) is 3.31. The maximum atomic E-state index is 14.0. The number of carbonyl (C=O) groups is 2. The van der Waals surface area contributed by atoms with Gasteiger partial charge >= 0.3 is 0 Å². The van der Waals surface area contributed by atoms with Gasteiger partial charge in [0.15, 0.2) is 0 Å². The highest BCUT2D eigenvalue weighted by atomic mass is 16.2. The largest absolute Gasteiger partial charge is 0.348 e. The number of benzene rings is 3. The van der Waals surface area contributed by atoms with Crippen LogP contribution < -0.4 is 10.9 Å². The normalized spacial score (nSPS) is 15.9. The number of amides is 2. The summed E-state index contributed by atoms with van der Waals surface area (Å²) >= 11 is 0. The molecule has 0 saturated heterocycles. The lowest BCUT2D eigenvalue weighted by Crippen LogP contribution is -2.50. The van der Waals surface area contributed by atoms with Crippen LogP contribution in [0.4, 0.5) is 5.69 Å². The second kappa shape index (κ2) is 9.53. The van der Waals surface area contributed by atoms with Gasteiger partial charge in [0.25, 0.3) is 11.8 Å². The molecule has 1 aliphatic heterocycles. The Morgan fingerprint density at radius 1 is 0.944 bits per heavy atom. The number of aromatic nitrogens is 1. The minimum Gasteiger partial charge on any atom is -0.348 e. The Morgan fingerprint density at radius 2 is 1.61 bits per heavy atom. The Bertz CT molecular complexity index is 1420. The first-order valence-electron chi connectivity index (χ1n) is 12.4. The van der Waals surface area contributed by atoms with Crippen LogP contribution in [-0.4, -0.2) is 27.3 Å². The molecule has 36 heavy (non-hydrogen) atoms. The summed E-state index contributed by atoms with van der Waals surface area (Å²) in [5, 5.41) is 1.10. The Labute approximate surface area is 211 Å². The van der Waals surface area contributed by atoms with Crippen molar-refractivity contribution >= 4 is 28.4 Å². The van der Waals surface area contributed by atoms with Crippen molar-refractivity contribution in [3.63, 3.8) is 0 Å². The van der Waals surface area contributed by atoms with E-state index in [1.807, 2.05) is 66.7 Å². The predicted molar refractivity (Wildman–Crippen MR) is 144 cm³/mol. The lowest BCUT2D eigenvalue weighted by atomic mass is 9.93. The van der Waals surface area contributed by atoms with E-state index in [4.69, 9.17) is 0 Å². The fourth-order valence-corrected chi connectivity index (χ4v) is 5.38. The van der Waals surface area contributed by atoms with Crippen molar-refractivity contribution in [2.75, 3.05) is 5.43 Å². The maximum Gasteiger partial charge on any atom is 0.261 e. The Morgan fingerprint density at radius 3 is 2.36 bits per heavy atom. The number of hydrazine groups is 1. The molecule has 2 heterocycles. The first-order valence-corrected chi connectivity index (χ1v) is 12.4. The molecular weight excluding hydrogens is 448 g/mol. The molecule has 2 atom stereocenters. The van der Waals surface area contributed by atoms with E-state index in [0.29, 0.717) is 12.0 Å². The molecule has 4 aromatic rings. The van der Waals surface area contributed by atoms with Crippen molar-refractivity contribution < 1.29 is 9.59 Å². The topological polar surface area (TPSA) is 66.4 Å². The first-order chi connectivity index (χ1) is 17.4. The number of anilines is 1. The summed E-state index contributed by atoms with van der Waals surface area (Å²) < 4.78 is 2.17. The summed E-state index contributed by atoms with van der Waals surface area (Å²) in [6, 6.07) is 24.5. The molecule has 5 rings (SSSR count). The summed E-state index contributed by atoms with van der Waals surface area (Å²) in [5.41, 5.74) is 11.5. The number of rotatable bonds is 7. The lowest BCUT2D eigenvalue weighted by Gasteiger charge is -2.34. The summed E-state index contributed by atoms with van der Waals surface area (Å²) in [7, 11) is 2.05. The van der Waals surface area contributed by atoms with Gasteiger partial charge in [-0.25, -0.2) is 0 Å². The van der Waals surface area contributed by atoms with Crippen LogP contribution in [0, 0.1) is 12.8 Å². The SMILES string of the molecule is Cc1c(C2c3ccccc3C(=O)N2C(CC(C)C)C(=O)NNc2ccccc2)c2ccccc2n1C. The second-order valence-electron chi connectivity index (χ2n) is 9.90. The third-order valence-corrected chi connectivity index (χ3v) is 7.16. The molecule has 6 nitrogen and oxygen atoms in total. The summed E-state index contributed by atoms with van der Waals surface area (Å²) in [4.78, 5) is 29.5. The number of nitrogens with zero attached hydrogens (tertiary/aromatic N) is 2. The fourth-order valence-electron chi connectivity index (χ4n) is 5.38. The van der Waals surface area contributed by atoms with Gasteiger partial charge in [0.1, 0.15) is 6.04 Å². The monoisotopic (exact) mass is 480 g/mol. The van der Waals surface area contributed by atoms with Crippen molar-refractivity contribution in [1.82, 2.24) is 14.9 Å². The minimum atomic E-state index is -0.649. The standard InChI is InChI=1S/C30H32N4O2/c1-19(2)18-26(29(35)32-31-21-12-6-5-7-13-21)34-28(22-14-8-9-15-23(22)30(34)36)27-20(3)33(4)25-17-11-10-16-24(25)27/h5-17,19,26,28,31H,18H2,1-4H3,(H,32,35). The van der Waals surface area contributed by atoms with E-state index in [1.54, 1.807) is 4.90 Å². The average molecular weight is 481 g/mol. The van der Waals surface area contributed by atoms with Gasteiger partial charge in [-0.15, -0.1) is 0 Å². The molecule has 0 spiro atoms. The Kier molecular flexibility index (Phi) is 6.27. The van der Waals surface area contributed by atoms with Gasteiger partial charge in [0.05, 0.1) is 11.7 Å². The molecule has 184 valence electrons. The molecule has 2 amide bonds. The van der Waals surface area contributed by atoms with Crippen molar-refractivity contribution in [3.05, 3.63) is 101 Å². The van der Waals surface area contributed by atoms with E-state index in [0.717, 1.165) is 33.4 Å². The lowest BCUT2D eigenvalue weighted by molar-refractivity contribution is -0.126. The van der Waals surface area contributed by atoms with Crippen LogP contribution in [0.2, 0.25) is 0 Å². The minimum absolute atomic E-state index is 0.108. The van der Waals surface area contributed by atoms with E-state index in [2.05, 4.69) is 55.4 Å². The number of para-hydroxylation sites is 2. The fraction of sp³-hybridized carbons (Fsp3) is 0.267. The van der Waals surface area contributed by atoms with Gasteiger partial charge in [-0.3, -0.25) is 20.4 Å². The molecule has 0 saturated carbocycles. The van der Waals surface area contributed by atoms with Crippen LogP contribution in [0.25, 0.3) is 10.9 Å². The van der Waals surface area contributed by atoms with E-state index in [1.165, 1.54) is 0 Å². The molecule has 6 heteroatoms. The second-order valence-corrected chi connectivity index (χ2v) is 9.90. The van der Waals surface area contributed by atoms with Gasteiger partial charge < -0.3 is 9.47 Å². The molecule has 0 aliphatic carbocycles. The van der Waals surface area contributed by atoms with Gasteiger partial charge in [-0.1, -0.05) is 68.4 Å². The zero-order valence-corrected chi connectivity index (χ0v) is 21.2. The quantitative estimate of drug-likeness (QED) is 0.339. The third kappa shape index (κ3) is 4.02. The number of carbonyl (C=O) groups excluding carboxylic acids is 2. The zero-order chi connectivity index (χ0) is 25.4. The molecule has 1 aromatic heterocycles. The van der Waals surface area contributed by atoms with Gasteiger partial charge in [0.2, 0.25) is 0 Å².